The van der Waals surface area contributed by atoms with Crippen molar-refractivity contribution < 1.29 is 28.7 Å². The van der Waals surface area contributed by atoms with E-state index in [1.807, 2.05) is 4.90 Å². The average Bonchev–Trinajstić information content (AvgIpc) is 3.49. The van der Waals surface area contributed by atoms with Gasteiger partial charge in [-0.15, -0.1) is 5.10 Å². The highest BCUT2D eigenvalue weighted by Crippen LogP contribution is 2.32. The summed E-state index contributed by atoms with van der Waals surface area (Å²) in [5, 5.41) is 13.3. The van der Waals surface area contributed by atoms with E-state index in [0.717, 1.165) is 37.3 Å². The van der Waals surface area contributed by atoms with Crippen LogP contribution in [0.3, 0.4) is 0 Å². The van der Waals surface area contributed by atoms with E-state index in [4.69, 9.17) is 4.74 Å². The van der Waals surface area contributed by atoms with Crippen LogP contribution in [0.25, 0.3) is 0 Å². The van der Waals surface area contributed by atoms with Gasteiger partial charge in [0.05, 0.1) is 37.1 Å². The zero-order chi connectivity index (χ0) is 26.6. The summed E-state index contributed by atoms with van der Waals surface area (Å²) in [5.41, 5.74) is 1.22. The molecule has 38 heavy (non-hydrogen) atoms. The lowest BCUT2D eigenvalue weighted by molar-refractivity contribution is -0.136. The quantitative estimate of drug-likeness (QED) is 0.352. The number of likely N-dealkylation sites (tertiary alicyclic amines) is 1. The number of carbonyl (C=O) groups excluding carboxylic acids is 5. The van der Waals surface area contributed by atoms with Crippen LogP contribution in [-0.2, 0) is 20.9 Å². The number of hydrogen-bond donors (Lipinski definition) is 2. The summed E-state index contributed by atoms with van der Waals surface area (Å²) in [7, 11) is 0. The Morgan fingerprint density at radius 3 is 2.68 bits per heavy atom. The van der Waals surface area contributed by atoms with E-state index < -0.39 is 29.7 Å². The molecule has 200 valence electrons. The van der Waals surface area contributed by atoms with Crippen LogP contribution in [0.4, 0.5) is 5.69 Å². The van der Waals surface area contributed by atoms with Gasteiger partial charge in [0.25, 0.3) is 17.7 Å². The summed E-state index contributed by atoms with van der Waals surface area (Å²) in [6.45, 7) is 2.95. The molecule has 3 aliphatic rings. The average molecular weight is 524 g/mol. The first kappa shape index (κ1) is 25.5. The number of piperidine rings is 2. The van der Waals surface area contributed by atoms with Gasteiger partial charge in [-0.05, 0) is 37.8 Å². The molecule has 2 N–H and O–H groups in total. The molecular formula is C25H29N7O6. The fourth-order valence-corrected chi connectivity index (χ4v) is 4.94. The molecule has 5 rings (SSSR count). The maximum Gasteiger partial charge on any atom is 0.276 e. The van der Waals surface area contributed by atoms with Gasteiger partial charge in [-0.25, -0.2) is 4.68 Å². The molecule has 1 unspecified atom stereocenters. The number of benzene rings is 1. The molecule has 3 aliphatic heterocycles. The third kappa shape index (κ3) is 5.14. The Morgan fingerprint density at radius 1 is 1.08 bits per heavy atom. The first-order valence-corrected chi connectivity index (χ1v) is 12.8. The summed E-state index contributed by atoms with van der Waals surface area (Å²) in [6, 6.07) is 3.89. The van der Waals surface area contributed by atoms with E-state index >= 15 is 0 Å². The number of hydrogen-bond acceptors (Lipinski definition) is 9. The molecule has 2 saturated heterocycles. The number of aromatic nitrogens is 3. The zero-order valence-corrected chi connectivity index (χ0v) is 20.9. The summed E-state index contributed by atoms with van der Waals surface area (Å²) >= 11 is 0. The van der Waals surface area contributed by atoms with E-state index in [0.29, 0.717) is 37.7 Å². The number of anilines is 1. The molecule has 2 fully saturated rings. The lowest BCUT2D eigenvalue weighted by atomic mass is 10.0. The predicted molar refractivity (Wildman–Crippen MR) is 132 cm³/mol. The van der Waals surface area contributed by atoms with Crippen molar-refractivity contribution >= 4 is 35.2 Å². The van der Waals surface area contributed by atoms with Gasteiger partial charge in [0.2, 0.25) is 11.8 Å². The zero-order valence-electron chi connectivity index (χ0n) is 20.9. The first-order valence-electron chi connectivity index (χ1n) is 12.8. The standard InChI is InChI=1S/C25H29N7O6/c33-20-8-7-19(22(34)27-20)32-23(35)16-5-4-6-17(21(16)25(32)37)26-9-13-38-14-12-31-15-18(28-29-31)24(36)30-10-2-1-3-11-30/h4-6,15,19,26H,1-3,7-14H2,(H,27,33,34). The van der Waals surface area contributed by atoms with Crippen molar-refractivity contribution in [2.45, 2.75) is 44.7 Å². The second-order valence-corrected chi connectivity index (χ2v) is 9.43. The minimum absolute atomic E-state index is 0.0664. The third-order valence-corrected chi connectivity index (χ3v) is 6.90. The van der Waals surface area contributed by atoms with Crippen LogP contribution in [0.15, 0.2) is 24.4 Å². The molecule has 1 aromatic carbocycles. The van der Waals surface area contributed by atoms with Crippen LogP contribution >= 0.6 is 0 Å². The number of carbonyl (C=O) groups is 5. The number of imide groups is 2. The van der Waals surface area contributed by atoms with Crippen molar-refractivity contribution in [1.82, 2.24) is 30.1 Å². The Morgan fingerprint density at radius 2 is 1.89 bits per heavy atom. The Balaban J connectivity index is 1.10. The number of ether oxygens (including phenoxy) is 1. The fraction of sp³-hybridized carbons (Fsp3) is 0.480. The third-order valence-electron chi connectivity index (χ3n) is 6.90. The predicted octanol–water partition coefficient (Wildman–Crippen LogP) is 0.434. The van der Waals surface area contributed by atoms with E-state index in [9.17, 15) is 24.0 Å². The van der Waals surface area contributed by atoms with Gasteiger partial charge in [-0.1, -0.05) is 11.3 Å². The molecule has 1 aromatic heterocycles. The monoisotopic (exact) mass is 523 g/mol. The SMILES string of the molecule is O=C1CCC(N2C(=O)c3cccc(NCCOCCn4cc(C(=O)N5CCCCC5)nn4)c3C2=O)C(=O)N1. The van der Waals surface area contributed by atoms with Crippen molar-refractivity contribution in [1.29, 1.82) is 0 Å². The number of fused-ring (bicyclic) bond motifs is 1. The second-order valence-electron chi connectivity index (χ2n) is 9.43. The number of rotatable bonds is 9. The summed E-state index contributed by atoms with van der Waals surface area (Å²) in [6.07, 6.45) is 4.96. The summed E-state index contributed by atoms with van der Waals surface area (Å²) in [5.74, 6) is -2.27. The molecule has 0 spiro atoms. The van der Waals surface area contributed by atoms with E-state index in [-0.39, 0.29) is 29.9 Å². The molecule has 0 saturated carbocycles. The van der Waals surface area contributed by atoms with Crippen molar-refractivity contribution in [3.63, 3.8) is 0 Å². The van der Waals surface area contributed by atoms with Crippen molar-refractivity contribution in [3.05, 3.63) is 41.2 Å². The van der Waals surface area contributed by atoms with Crippen LogP contribution < -0.4 is 10.6 Å². The van der Waals surface area contributed by atoms with Crippen LogP contribution in [0, 0.1) is 0 Å². The second kappa shape index (κ2) is 11.1. The number of nitrogens with zero attached hydrogens (tertiary/aromatic N) is 5. The highest BCUT2D eigenvalue weighted by Gasteiger charge is 2.45. The fourth-order valence-electron chi connectivity index (χ4n) is 4.94. The van der Waals surface area contributed by atoms with Gasteiger partial charge >= 0.3 is 0 Å². The van der Waals surface area contributed by atoms with Crippen LogP contribution in [-0.4, -0.2) is 93.2 Å². The summed E-state index contributed by atoms with van der Waals surface area (Å²) < 4.78 is 7.23. The molecule has 5 amide bonds. The van der Waals surface area contributed by atoms with E-state index in [1.165, 1.54) is 0 Å². The van der Waals surface area contributed by atoms with Crippen molar-refractivity contribution in [2.75, 3.05) is 38.2 Å². The van der Waals surface area contributed by atoms with E-state index in [2.05, 4.69) is 20.9 Å². The minimum Gasteiger partial charge on any atom is -0.382 e. The van der Waals surface area contributed by atoms with Gasteiger partial charge in [-0.3, -0.25) is 34.2 Å². The minimum atomic E-state index is -1.01. The normalized spacial score (nSPS) is 19.5. The topological polar surface area (TPSA) is 156 Å². The molecule has 13 nitrogen and oxygen atoms in total. The highest BCUT2D eigenvalue weighted by atomic mass is 16.5. The van der Waals surface area contributed by atoms with Gasteiger partial charge in [0, 0.05) is 31.7 Å². The van der Waals surface area contributed by atoms with Crippen LogP contribution in [0.2, 0.25) is 0 Å². The Bertz CT molecular complexity index is 1270. The molecule has 13 heteroatoms. The van der Waals surface area contributed by atoms with Gasteiger partial charge in [-0.2, -0.15) is 0 Å². The highest BCUT2D eigenvalue weighted by molar-refractivity contribution is 6.25. The smallest absolute Gasteiger partial charge is 0.276 e. The molecule has 2 aromatic rings. The molecule has 4 heterocycles. The Kier molecular flexibility index (Phi) is 7.45. The lowest BCUT2D eigenvalue weighted by Crippen LogP contribution is -2.54. The van der Waals surface area contributed by atoms with Crippen LogP contribution in [0.5, 0.6) is 0 Å². The maximum atomic E-state index is 13.1. The van der Waals surface area contributed by atoms with Gasteiger partial charge in [0.15, 0.2) is 5.69 Å². The lowest BCUT2D eigenvalue weighted by Gasteiger charge is -2.27. The number of nitrogens with one attached hydrogen (secondary N) is 2. The van der Waals surface area contributed by atoms with Gasteiger partial charge in [0.1, 0.15) is 6.04 Å². The molecule has 1 atom stereocenters. The van der Waals surface area contributed by atoms with E-state index in [1.54, 1.807) is 29.1 Å². The Labute approximate surface area is 218 Å². The largest absolute Gasteiger partial charge is 0.382 e. The number of amides is 5. The van der Waals surface area contributed by atoms with Crippen molar-refractivity contribution in [3.8, 4) is 0 Å². The first-order chi connectivity index (χ1) is 18.4. The molecule has 0 bridgehead atoms. The molecule has 0 aliphatic carbocycles. The maximum absolute atomic E-state index is 13.1. The molecule has 0 radical (unpaired) electrons. The summed E-state index contributed by atoms with van der Waals surface area (Å²) in [4.78, 5) is 65.0. The Hall–Kier alpha value is -4.13. The van der Waals surface area contributed by atoms with Gasteiger partial charge < -0.3 is 15.0 Å². The van der Waals surface area contributed by atoms with Crippen LogP contribution in [0.1, 0.15) is 63.3 Å². The molecular weight excluding hydrogens is 494 g/mol. The van der Waals surface area contributed by atoms with Crippen molar-refractivity contribution in [2.24, 2.45) is 0 Å².